The lowest BCUT2D eigenvalue weighted by atomic mass is 10.1. The number of rotatable bonds is 1. The molecule has 0 aliphatic heterocycles. The summed E-state index contributed by atoms with van der Waals surface area (Å²) in [6.45, 7) is 3.57. The molecule has 0 unspecified atom stereocenters. The first-order valence-corrected chi connectivity index (χ1v) is 6.13. The van der Waals surface area contributed by atoms with Crippen LogP contribution in [-0.2, 0) is 9.05 Å². The highest BCUT2D eigenvalue weighted by Crippen LogP contribution is 2.23. The normalized spacial score (nSPS) is 11.0. The fraction of sp³-hybridized carbons (Fsp3) is 0.222. The first-order chi connectivity index (χ1) is 6.36. The van der Waals surface area contributed by atoms with Crippen LogP contribution >= 0.6 is 10.7 Å². The SMILES string of the molecule is Cc1cc(C#N)c(S(=O)(=O)Cl)cc1C. The second kappa shape index (κ2) is 3.60. The molecule has 0 saturated carbocycles. The van der Waals surface area contributed by atoms with Gasteiger partial charge in [0.25, 0.3) is 9.05 Å². The molecule has 0 radical (unpaired) electrons. The van der Waals surface area contributed by atoms with E-state index in [0.29, 0.717) is 0 Å². The second-order valence-corrected chi connectivity index (χ2v) is 5.52. The summed E-state index contributed by atoms with van der Waals surface area (Å²) < 4.78 is 22.2. The van der Waals surface area contributed by atoms with Crippen LogP contribution in [-0.4, -0.2) is 8.42 Å². The fourth-order valence-electron chi connectivity index (χ4n) is 1.08. The first kappa shape index (κ1) is 11.0. The van der Waals surface area contributed by atoms with Gasteiger partial charge in [0.2, 0.25) is 0 Å². The number of aryl methyl sites for hydroxylation is 2. The summed E-state index contributed by atoms with van der Waals surface area (Å²) in [5.41, 5.74) is 1.75. The Balaban J connectivity index is 3.61. The van der Waals surface area contributed by atoms with Crippen LogP contribution in [0.15, 0.2) is 17.0 Å². The Hall–Kier alpha value is -1.05. The Morgan fingerprint density at radius 2 is 1.79 bits per heavy atom. The molecule has 0 saturated heterocycles. The van der Waals surface area contributed by atoms with E-state index in [1.807, 2.05) is 0 Å². The molecule has 0 amide bonds. The van der Waals surface area contributed by atoms with Crippen LogP contribution in [0.2, 0.25) is 0 Å². The van der Waals surface area contributed by atoms with Crippen molar-refractivity contribution >= 4 is 19.7 Å². The number of benzene rings is 1. The molecule has 0 atom stereocenters. The molecule has 1 aromatic rings. The maximum atomic E-state index is 11.1. The van der Waals surface area contributed by atoms with Crippen LogP contribution in [0, 0.1) is 25.2 Å². The predicted octanol–water partition coefficient (Wildman–Crippen LogP) is 2.10. The van der Waals surface area contributed by atoms with Gasteiger partial charge in [0.05, 0.1) is 5.56 Å². The molecule has 0 aliphatic carbocycles. The minimum atomic E-state index is -3.84. The summed E-state index contributed by atoms with van der Waals surface area (Å²) in [6, 6.07) is 4.74. The summed E-state index contributed by atoms with van der Waals surface area (Å²) in [5, 5.41) is 8.72. The third kappa shape index (κ3) is 2.06. The molecule has 1 aromatic carbocycles. The fourth-order valence-corrected chi connectivity index (χ4v) is 2.15. The van der Waals surface area contributed by atoms with Crippen molar-refractivity contribution in [1.82, 2.24) is 0 Å². The Labute approximate surface area is 87.4 Å². The Bertz CT molecular complexity index is 514. The average molecular weight is 230 g/mol. The topological polar surface area (TPSA) is 57.9 Å². The van der Waals surface area contributed by atoms with Gasteiger partial charge in [-0.15, -0.1) is 0 Å². The highest BCUT2D eigenvalue weighted by Gasteiger charge is 2.16. The van der Waals surface area contributed by atoms with E-state index < -0.39 is 9.05 Å². The molecule has 74 valence electrons. The Morgan fingerprint density at radius 3 is 2.21 bits per heavy atom. The van der Waals surface area contributed by atoms with Crippen molar-refractivity contribution in [1.29, 1.82) is 5.26 Å². The molecule has 0 aliphatic rings. The standard InChI is InChI=1S/C9H8ClNO2S/c1-6-3-8(5-11)9(4-7(6)2)14(10,12)13/h3-4H,1-2H3. The van der Waals surface area contributed by atoms with Gasteiger partial charge in [-0.1, -0.05) is 0 Å². The molecular weight excluding hydrogens is 222 g/mol. The molecule has 0 fully saturated rings. The number of halogens is 1. The molecule has 14 heavy (non-hydrogen) atoms. The number of hydrogen-bond acceptors (Lipinski definition) is 3. The smallest absolute Gasteiger partial charge is 0.207 e. The maximum Gasteiger partial charge on any atom is 0.262 e. The van der Waals surface area contributed by atoms with E-state index in [1.54, 1.807) is 19.9 Å². The van der Waals surface area contributed by atoms with Crippen molar-refractivity contribution < 1.29 is 8.42 Å². The zero-order valence-electron chi connectivity index (χ0n) is 7.70. The van der Waals surface area contributed by atoms with Crippen LogP contribution in [0.3, 0.4) is 0 Å². The maximum absolute atomic E-state index is 11.1. The summed E-state index contributed by atoms with van der Waals surface area (Å²) in [7, 11) is 1.35. The summed E-state index contributed by atoms with van der Waals surface area (Å²) in [5.74, 6) is 0. The lowest BCUT2D eigenvalue weighted by Gasteiger charge is -2.04. The van der Waals surface area contributed by atoms with Crippen molar-refractivity contribution in [2.75, 3.05) is 0 Å². The summed E-state index contributed by atoms with van der Waals surface area (Å²) in [4.78, 5) is -0.121. The van der Waals surface area contributed by atoms with Crippen molar-refractivity contribution in [2.45, 2.75) is 18.7 Å². The van der Waals surface area contributed by atoms with Crippen molar-refractivity contribution in [2.24, 2.45) is 0 Å². The van der Waals surface area contributed by atoms with E-state index in [1.165, 1.54) is 12.1 Å². The zero-order chi connectivity index (χ0) is 10.9. The summed E-state index contributed by atoms with van der Waals surface area (Å²) >= 11 is 0. The van der Waals surface area contributed by atoms with Gasteiger partial charge in [0.15, 0.2) is 0 Å². The minimum absolute atomic E-state index is 0.0862. The number of hydrogen-bond donors (Lipinski definition) is 0. The second-order valence-electron chi connectivity index (χ2n) is 2.98. The molecule has 0 spiro atoms. The monoisotopic (exact) mass is 229 g/mol. The van der Waals surface area contributed by atoms with E-state index in [4.69, 9.17) is 15.9 Å². The third-order valence-electron chi connectivity index (χ3n) is 1.98. The molecule has 5 heteroatoms. The highest BCUT2D eigenvalue weighted by atomic mass is 35.7. The molecule has 0 aromatic heterocycles. The van der Waals surface area contributed by atoms with Gasteiger partial charge in [0.1, 0.15) is 11.0 Å². The van der Waals surface area contributed by atoms with E-state index in [2.05, 4.69) is 0 Å². The quantitative estimate of drug-likeness (QED) is 0.693. The van der Waals surface area contributed by atoms with Crippen LogP contribution < -0.4 is 0 Å². The van der Waals surface area contributed by atoms with E-state index in [-0.39, 0.29) is 10.5 Å². The van der Waals surface area contributed by atoms with Crippen LogP contribution in [0.5, 0.6) is 0 Å². The Kier molecular flexibility index (Phi) is 2.84. The molecule has 3 nitrogen and oxygen atoms in total. The van der Waals surface area contributed by atoms with Crippen molar-refractivity contribution in [3.63, 3.8) is 0 Å². The van der Waals surface area contributed by atoms with Gasteiger partial charge in [-0.3, -0.25) is 0 Å². The van der Waals surface area contributed by atoms with E-state index >= 15 is 0 Å². The van der Waals surface area contributed by atoms with Gasteiger partial charge in [-0.2, -0.15) is 5.26 Å². The summed E-state index contributed by atoms with van der Waals surface area (Å²) in [6.07, 6.45) is 0. The van der Waals surface area contributed by atoms with Crippen LogP contribution in [0.4, 0.5) is 0 Å². The minimum Gasteiger partial charge on any atom is -0.207 e. The predicted molar refractivity (Wildman–Crippen MR) is 53.7 cm³/mol. The van der Waals surface area contributed by atoms with E-state index in [0.717, 1.165) is 11.1 Å². The number of nitriles is 1. The van der Waals surface area contributed by atoms with Gasteiger partial charge < -0.3 is 0 Å². The lowest BCUT2D eigenvalue weighted by Crippen LogP contribution is -1.97. The van der Waals surface area contributed by atoms with E-state index in [9.17, 15) is 8.42 Å². The average Bonchev–Trinajstić information content (AvgIpc) is 2.07. The molecular formula is C9H8ClNO2S. The Morgan fingerprint density at radius 1 is 1.29 bits per heavy atom. The highest BCUT2D eigenvalue weighted by molar-refractivity contribution is 8.13. The molecule has 0 bridgehead atoms. The van der Waals surface area contributed by atoms with Crippen molar-refractivity contribution in [3.05, 3.63) is 28.8 Å². The van der Waals surface area contributed by atoms with Crippen molar-refractivity contribution in [3.8, 4) is 6.07 Å². The third-order valence-corrected chi connectivity index (χ3v) is 3.34. The lowest BCUT2D eigenvalue weighted by molar-refractivity contribution is 0.609. The number of nitrogens with zero attached hydrogens (tertiary/aromatic N) is 1. The van der Waals surface area contributed by atoms with Gasteiger partial charge in [0, 0.05) is 10.7 Å². The van der Waals surface area contributed by atoms with Crippen LogP contribution in [0.25, 0.3) is 0 Å². The largest absolute Gasteiger partial charge is 0.262 e. The van der Waals surface area contributed by atoms with Gasteiger partial charge in [-0.05, 0) is 37.1 Å². The van der Waals surface area contributed by atoms with Gasteiger partial charge in [-0.25, -0.2) is 8.42 Å². The molecule has 0 N–H and O–H groups in total. The zero-order valence-corrected chi connectivity index (χ0v) is 9.28. The molecule has 1 rings (SSSR count). The van der Waals surface area contributed by atoms with Gasteiger partial charge >= 0.3 is 0 Å². The molecule has 0 heterocycles. The first-order valence-electron chi connectivity index (χ1n) is 3.82. The van der Waals surface area contributed by atoms with Crippen LogP contribution in [0.1, 0.15) is 16.7 Å².